The number of halogens is 1. The lowest BCUT2D eigenvalue weighted by Crippen LogP contribution is -1.90. The molecule has 3 aromatic rings. The van der Waals surface area contributed by atoms with Crippen LogP contribution in [-0.4, -0.2) is 21.7 Å². The van der Waals surface area contributed by atoms with Crippen molar-refractivity contribution in [1.82, 2.24) is 5.16 Å². The first-order valence-corrected chi connectivity index (χ1v) is 7.62. The van der Waals surface area contributed by atoms with Crippen LogP contribution in [0.15, 0.2) is 33.3 Å². The van der Waals surface area contributed by atoms with Crippen LogP contribution in [0.3, 0.4) is 0 Å². The molecule has 1 aromatic carbocycles. The van der Waals surface area contributed by atoms with Crippen LogP contribution < -0.4 is 0 Å². The van der Waals surface area contributed by atoms with Gasteiger partial charge in [-0.15, -0.1) is 11.3 Å². The third kappa shape index (κ3) is 2.59. The molecule has 0 spiro atoms. The lowest BCUT2D eigenvalue weighted by Gasteiger charge is -2.07. The predicted octanol–water partition coefficient (Wildman–Crippen LogP) is 4.34. The van der Waals surface area contributed by atoms with Gasteiger partial charge in [-0.3, -0.25) is 0 Å². The van der Waals surface area contributed by atoms with Gasteiger partial charge >= 0.3 is 0 Å². The van der Waals surface area contributed by atoms with Gasteiger partial charge in [0.1, 0.15) is 17.3 Å². The molecule has 2 aromatic heterocycles. The molecule has 5 nitrogen and oxygen atoms in total. The third-order valence-corrected chi connectivity index (χ3v) is 4.44. The van der Waals surface area contributed by atoms with E-state index in [0.29, 0.717) is 33.0 Å². The van der Waals surface area contributed by atoms with Crippen molar-refractivity contribution in [1.29, 1.82) is 0 Å². The fourth-order valence-corrected chi connectivity index (χ4v) is 3.47. The Bertz CT molecular complexity index is 879. The zero-order valence-electron chi connectivity index (χ0n) is 12.4. The lowest BCUT2D eigenvalue weighted by atomic mass is 9.95. The van der Waals surface area contributed by atoms with Crippen LogP contribution in [0.25, 0.3) is 22.3 Å². The molecule has 0 bridgehead atoms. The molecular formula is C16H13FN2O3S. The van der Waals surface area contributed by atoms with Crippen molar-refractivity contribution in [3.05, 3.63) is 45.7 Å². The van der Waals surface area contributed by atoms with Gasteiger partial charge in [0.15, 0.2) is 0 Å². The van der Waals surface area contributed by atoms with Crippen LogP contribution in [0, 0.1) is 19.7 Å². The molecule has 0 saturated carbocycles. The predicted molar refractivity (Wildman–Crippen MR) is 85.7 cm³/mol. The van der Waals surface area contributed by atoms with Crippen molar-refractivity contribution in [2.75, 3.05) is 0 Å². The quantitative estimate of drug-likeness (QED) is 0.425. The van der Waals surface area contributed by atoms with E-state index in [2.05, 4.69) is 10.3 Å². The maximum Gasteiger partial charge on any atom is 0.141 e. The number of hydrogen-bond donors (Lipinski definition) is 2. The van der Waals surface area contributed by atoms with Crippen LogP contribution in [0.1, 0.15) is 16.3 Å². The molecule has 2 heterocycles. The van der Waals surface area contributed by atoms with Gasteiger partial charge in [0.25, 0.3) is 0 Å². The van der Waals surface area contributed by atoms with E-state index in [0.717, 1.165) is 11.6 Å². The van der Waals surface area contributed by atoms with Gasteiger partial charge in [0.05, 0.1) is 16.8 Å². The first kappa shape index (κ1) is 15.2. The van der Waals surface area contributed by atoms with E-state index in [1.54, 1.807) is 19.2 Å². The van der Waals surface area contributed by atoms with Crippen LogP contribution >= 0.6 is 11.3 Å². The highest BCUT2D eigenvalue weighted by Gasteiger charge is 2.22. The van der Waals surface area contributed by atoms with Crippen molar-refractivity contribution < 1.29 is 19.2 Å². The Labute approximate surface area is 135 Å². The first-order valence-electron chi connectivity index (χ1n) is 6.74. The summed E-state index contributed by atoms with van der Waals surface area (Å²) in [6.45, 7) is 3.56. The number of phenolic OH excluding ortho intramolecular Hbond substituents is 1. The molecule has 118 valence electrons. The number of aromatic nitrogens is 1. The molecule has 0 aliphatic rings. The normalized spacial score (nSPS) is 11.4. The third-order valence-electron chi connectivity index (χ3n) is 3.52. The van der Waals surface area contributed by atoms with Crippen molar-refractivity contribution in [2.45, 2.75) is 13.8 Å². The highest BCUT2D eigenvalue weighted by atomic mass is 32.1. The minimum Gasteiger partial charge on any atom is -0.508 e. The summed E-state index contributed by atoms with van der Waals surface area (Å²) in [6, 6.07) is 3.99. The second-order valence-corrected chi connectivity index (χ2v) is 5.91. The summed E-state index contributed by atoms with van der Waals surface area (Å²) in [4.78, 5) is 0.657. The van der Waals surface area contributed by atoms with Gasteiger partial charge in [-0.25, -0.2) is 4.39 Å². The number of oxime groups is 1. The van der Waals surface area contributed by atoms with Crippen LogP contribution in [0.4, 0.5) is 4.39 Å². The van der Waals surface area contributed by atoms with Gasteiger partial charge in [-0.05, 0) is 31.4 Å². The highest BCUT2D eigenvalue weighted by Crippen LogP contribution is 2.42. The molecule has 0 fully saturated rings. The molecule has 3 rings (SSSR count). The fraction of sp³-hybridized carbons (Fsp3) is 0.125. The minimum absolute atomic E-state index is 0.141. The number of thiophene rings is 1. The summed E-state index contributed by atoms with van der Waals surface area (Å²) in [5, 5.41) is 27.1. The molecule has 0 aliphatic heterocycles. The van der Waals surface area contributed by atoms with Crippen molar-refractivity contribution in [3.8, 4) is 28.0 Å². The molecular weight excluding hydrogens is 319 g/mol. The van der Waals surface area contributed by atoms with E-state index in [1.165, 1.54) is 29.7 Å². The number of hydrogen-bond acceptors (Lipinski definition) is 6. The average molecular weight is 332 g/mol. The lowest BCUT2D eigenvalue weighted by molar-refractivity contribution is 0.322. The largest absolute Gasteiger partial charge is 0.508 e. The summed E-state index contributed by atoms with van der Waals surface area (Å²) < 4.78 is 19.5. The maximum atomic E-state index is 14.3. The Hall–Kier alpha value is -2.67. The van der Waals surface area contributed by atoms with Gasteiger partial charge in [0, 0.05) is 28.3 Å². The number of aromatic hydroxyl groups is 1. The molecule has 0 amide bonds. The highest BCUT2D eigenvalue weighted by molar-refractivity contribution is 7.12. The van der Waals surface area contributed by atoms with Gasteiger partial charge in [-0.2, -0.15) is 0 Å². The fourth-order valence-electron chi connectivity index (χ4n) is 2.54. The zero-order valence-corrected chi connectivity index (χ0v) is 13.2. The van der Waals surface area contributed by atoms with Gasteiger partial charge in [-0.1, -0.05) is 10.3 Å². The van der Waals surface area contributed by atoms with Gasteiger partial charge < -0.3 is 14.8 Å². The molecule has 23 heavy (non-hydrogen) atoms. The number of rotatable bonds is 3. The number of nitrogens with zero attached hydrogens (tertiary/aromatic N) is 2. The Morgan fingerprint density at radius 1 is 1.26 bits per heavy atom. The molecule has 0 aliphatic carbocycles. The average Bonchev–Trinajstić information content (AvgIpc) is 3.03. The van der Waals surface area contributed by atoms with E-state index in [1.807, 2.05) is 0 Å². The van der Waals surface area contributed by atoms with Crippen LogP contribution in [0.5, 0.6) is 5.75 Å². The number of aryl methyl sites for hydroxylation is 2. The number of benzene rings is 1. The van der Waals surface area contributed by atoms with Crippen molar-refractivity contribution in [2.24, 2.45) is 5.16 Å². The molecule has 0 unspecified atom stereocenters. The smallest absolute Gasteiger partial charge is 0.141 e. The van der Waals surface area contributed by atoms with E-state index in [9.17, 15) is 9.50 Å². The Balaban J connectivity index is 2.31. The first-order chi connectivity index (χ1) is 11.0. The van der Waals surface area contributed by atoms with Gasteiger partial charge in [0.2, 0.25) is 0 Å². The summed E-state index contributed by atoms with van der Waals surface area (Å²) in [7, 11) is 0. The van der Waals surface area contributed by atoms with Crippen molar-refractivity contribution in [3.63, 3.8) is 0 Å². The second kappa shape index (κ2) is 5.85. The zero-order chi connectivity index (χ0) is 16.6. The van der Waals surface area contributed by atoms with Crippen LogP contribution in [-0.2, 0) is 0 Å². The minimum atomic E-state index is -0.539. The standard InChI is InChI=1S/C16H13FN2O3S/c1-8-15(9(2)22-19-8)16-12(7-23-14(16)6-18-21)11-4-3-10(20)5-13(11)17/h3-7,20-21H,1-2H3/b18-6+. The van der Waals surface area contributed by atoms with E-state index >= 15 is 0 Å². The summed E-state index contributed by atoms with van der Waals surface area (Å²) in [6.07, 6.45) is 1.30. The number of phenols is 1. The molecule has 0 atom stereocenters. The molecule has 2 N–H and O–H groups in total. The SMILES string of the molecule is Cc1noc(C)c1-c1c(-c2ccc(O)cc2F)csc1/C=N/O. The maximum absolute atomic E-state index is 14.3. The second-order valence-electron chi connectivity index (χ2n) is 5.00. The Kier molecular flexibility index (Phi) is 3.87. The van der Waals surface area contributed by atoms with Crippen molar-refractivity contribution >= 4 is 17.6 Å². The monoisotopic (exact) mass is 332 g/mol. The molecule has 7 heteroatoms. The Morgan fingerprint density at radius 2 is 2.04 bits per heavy atom. The summed E-state index contributed by atoms with van der Waals surface area (Å²) >= 11 is 1.32. The van der Waals surface area contributed by atoms with Crippen LogP contribution in [0.2, 0.25) is 0 Å². The molecule has 0 radical (unpaired) electrons. The van der Waals surface area contributed by atoms with E-state index in [-0.39, 0.29) is 5.75 Å². The van der Waals surface area contributed by atoms with E-state index in [4.69, 9.17) is 9.73 Å². The summed E-state index contributed by atoms with van der Waals surface area (Å²) in [5.41, 5.74) is 3.05. The van der Waals surface area contributed by atoms with E-state index < -0.39 is 5.82 Å². The topological polar surface area (TPSA) is 78.9 Å². The summed E-state index contributed by atoms with van der Waals surface area (Å²) in [5.74, 6) is -0.0882. The Morgan fingerprint density at radius 3 is 2.65 bits per heavy atom. The molecule has 0 saturated heterocycles.